The number of fused-ring (bicyclic) bond motifs is 3. The number of nitrogens with zero attached hydrogens (tertiary/aromatic N) is 1. The molecule has 2 aromatic carbocycles. The van der Waals surface area contributed by atoms with Gasteiger partial charge in [0.05, 0.1) is 11.3 Å². The molecule has 35 heavy (non-hydrogen) atoms. The maximum atomic E-state index is 13.5. The Morgan fingerprint density at radius 3 is 2.29 bits per heavy atom. The number of carbonyl (C=O) groups is 3. The van der Waals surface area contributed by atoms with Crippen LogP contribution in [0.15, 0.2) is 48.5 Å². The van der Waals surface area contributed by atoms with Crippen LogP contribution in [0.1, 0.15) is 50.2 Å². The quantitative estimate of drug-likeness (QED) is 0.672. The molecule has 5 rings (SSSR count). The topological polar surface area (TPSA) is 95.9 Å². The third kappa shape index (κ3) is 4.07. The fourth-order valence-electron chi connectivity index (χ4n) is 6.25. The smallest absolute Gasteiger partial charge is 0.407 e. The van der Waals surface area contributed by atoms with Crippen LogP contribution < -0.4 is 5.32 Å². The Morgan fingerprint density at radius 1 is 1.06 bits per heavy atom. The number of alkyl carbamates (subject to hydrolysis) is 1. The Kier molecular flexibility index (Phi) is 6.03. The lowest BCUT2D eigenvalue weighted by molar-refractivity contribution is -0.143. The number of carboxylic acid groups (broad SMARTS) is 1. The predicted molar refractivity (Wildman–Crippen MR) is 131 cm³/mol. The lowest BCUT2D eigenvalue weighted by Crippen LogP contribution is -2.52. The fourth-order valence-corrected chi connectivity index (χ4v) is 6.25. The lowest BCUT2D eigenvalue weighted by atomic mass is 9.83. The maximum absolute atomic E-state index is 13.5. The van der Waals surface area contributed by atoms with Crippen molar-refractivity contribution in [3.05, 3.63) is 59.7 Å². The van der Waals surface area contributed by atoms with Crippen LogP contribution in [0, 0.1) is 17.3 Å². The summed E-state index contributed by atoms with van der Waals surface area (Å²) in [7, 11) is 0. The van der Waals surface area contributed by atoms with Crippen molar-refractivity contribution in [1.29, 1.82) is 0 Å². The summed E-state index contributed by atoms with van der Waals surface area (Å²) in [5.74, 6) is -1.59. The highest BCUT2D eigenvalue weighted by Gasteiger charge is 2.50. The number of nitrogens with one attached hydrogen (secondary N) is 1. The third-order valence-electron chi connectivity index (χ3n) is 8.30. The average molecular weight is 477 g/mol. The minimum absolute atomic E-state index is 0.0243. The van der Waals surface area contributed by atoms with Crippen molar-refractivity contribution < 1.29 is 24.2 Å². The largest absolute Gasteiger partial charge is 0.481 e. The van der Waals surface area contributed by atoms with Crippen molar-refractivity contribution in [2.45, 2.75) is 45.1 Å². The van der Waals surface area contributed by atoms with Gasteiger partial charge in [-0.25, -0.2) is 4.79 Å². The van der Waals surface area contributed by atoms with Crippen LogP contribution in [0.25, 0.3) is 11.1 Å². The second-order valence-corrected chi connectivity index (χ2v) is 10.5. The van der Waals surface area contributed by atoms with Gasteiger partial charge in [0.25, 0.3) is 0 Å². The second kappa shape index (κ2) is 9.02. The molecule has 4 atom stereocenters. The van der Waals surface area contributed by atoms with E-state index in [-0.39, 0.29) is 36.9 Å². The van der Waals surface area contributed by atoms with E-state index in [0.717, 1.165) is 17.5 Å². The highest BCUT2D eigenvalue weighted by atomic mass is 16.5. The maximum Gasteiger partial charge on any atom is 0.407 e. The van der Waals surface area contributed by atoms with Gasteiger partial charge in [0.1, 0.15) is 6.61 Å². The summed E-state index contributed by atoms with van der Waals surface area (Å²) in [6.45, 7) is 4.64. The molecule has 2 aromatic rings. The number of hydrogen-bond acceptors (Lipinski definition) is 4. The highest BCUT2D eigenvalue weighted by molar-refractivity contribution is 5.86. The summed E-state index contributed by atoms with van der Waals surface area (Å²) < 4.78 is 5.71. The van der Waals surface area contributed by atoms with Crippen LogP contribution in [0.4, 0.5) is 4.79 Å². The van der Waals surface area contributed by atoms with Crippen molar-refractivity contribution in [1.82, 2.24) is 10.2 Å². The molecule has 2 amide bonds. The number of aliphatic carboxylic acids is 1. The first-order valence-electron chi connectivity index (χ1n) is 12.4. The molecule has 2 aliphatic carbocycles. The molecule has 1 heterocycles. The molecule has 1 saturated carbocycles. The van der Waals surface area contributed by atoms with E-state index in [4.69, 9.17) is 4.74 Å². The van der Waals surface area contributed by atoms with Gasteiger partial charge in [-0.2, -0.15) is 0 Å². The van der Waals surface area contributed by atoms with E-state index in [1.165, 1.54) is 11.1 Å². The van der Waals surface area contributed by atoms with Crippen LogP contribution in [-0.2, 0) is 14.3 Å². The van der Waals surface area contributed by atoms with Crippen molar-refractivity contribution in [3.63, 3.8) is 0 Å². The van der Waals surface area contributed by atoms with Crippen molar-refractivity contribution in [3.8, 4) is 11.1 Å². The van der Waals surface area contributed by atoms with E-state index in [9.17, 15) is 19.5 Å². The van der Waals surface area contributed by atoms with Gasteiger partial charge in [0.15, 0.2) is 0 Å². The lowest BCUT2D eigenvalue weighted by Gasteiger charge is -2.34. The average Bonchev–Trinajstić information content (AvgIpc) is 3.51. The van der Waals surface area contributed by atoms with Crippen LogP contribution in [-0.4, -0.2) is 53.7 Å². The van der Waals surface area contributed by atoms with E-state index in [1.807, 2.05) is 38.1 Å². The van der Waals surface area contributed by atoms with Crippen LogP contribution >= 0.6 is 0 Å². The summed E-state index contributed by atoms with van der Waals surface area (Å²) in [4.78, 5) is 39.5. The van der Waals surface area contributed by atoms with Gasteiger partial charge in [0, 0.05) is 25.0 Å². The SMILES string of the molecule is C[C@@H]1CN(C(=O)C2(C)CCCC2NC(=O)OCC2c3ccccc3-c3ccccc32)C[C@H]1C(=O)O. The summed E-state index contributed by atoms with van der Waals surface area (Å²) >= 11 is 0. The van der Waals surface area contributed by atoms with Crippen molar-refractivity contribution in [2.75, 3.05) is 19.7 Å². The third-order valence-corrected chi connectivity index (χ3v) is 8.30. The van der Waals surface area contributed by atoms with E-state index >= 15 is 0 Å². The second-order valence-electron chi connectivity index (χ2n) is 10.5. The Bertz CT molecular complexity index is 1120. The molecule has 0 radical (unpaired) electrons. The standard InChI is InChI=1S/C28H32N2O5/c1-17-14-30(15-22(17)25(31)32)26(33)28(2)13-7-12-24(28)29-27(34)35-16-23-20-10-5-3-8-18(20)19-9-4-6-11-21(19)23/h3-6,8-11,17,22-24H,7,12-16H2,1-2H3,(H,29,34)(H,31,32)/t17-,22-,24?,28?/m1/s1. The number of benzene rings is 2. The van der Waals surface area contributed by atoms with E-state index in [1.54, 1.807) is 4.90 Å². The van der Waals surface area contributed by atoms with Crippen LogP contribution in [0.3, 0.4) is 0 Å². The summed E-state index contributed by atoms with van der Waals surface area (Å²) in [5, 5.41) is 12.4. The normalized spacial score (nSPS) is 27.4. The Balaban J connectivity index is 1.24. The molecule has 2 unspecified atom stereocenters. The van der Waals surface area contributed by atoms with Gasteiger partial charge >= 0.3 is 12.1 Å². The zero-order chi connectivity index (χ0) is 24.7. The Hall–Kier alpha value is -3.35. The summed E-state index contributed by atoms with van der Waals surface area (Å²) in [6.07, 6.45) is 1.65. The van der Waals surface area contributed by atoms with Gasteiger partial charge < -0.3 is 20.1 Å². The van der Waals surface area contributed by atoms with E-state index in [0.29, 0.717) is 19.4 Å². The summed E-state index contributed by atoms with van der Waals surface area (Å²) in [5.41, 5.74) is 3.88. The van der Waals surface area contributed by atoms with Gasteiger partial charge in [-0.05, 0) is 47.9 Å². The molecule has 1 saturated heterocycles. The van der Waals surface area contributed by atoms with Gasteiger partial charge in [-0.1, -0.05) is 61.9 Å². The monoisotopic (exact) mass is 476 g/mol. The van der Waals surface area contributed by atoms with Crippen molar-refractivity contribution in [2.24, 2.45) is 17.3 Å². The minimum Gasteiger partial charge on any atom is -0.481 e. The first kappa shape index (κ1) is 23.4. The number of carboxylic acids is 1. The molecule has 7 nitrogen and oxygen atoms in total. The molecule has 7 heteroatoms. The first-order chi connectivity index (χ1) is 16.8. The molecule has 0 aromatic heterocycles. The Morgan fingerprint density at radius 2 is 1.69 bits per heavy atom. The molecule has 184 valence electrons. The molecule has 0 spiro atoms. The highest BCUT2D eigenvalue weighted by Crippen LogP contribution is 2.45. The minimum atomic E-state index is -0.863. The molecule has 1 aliphatic heterocycles. The molecule has 2 N–H and O–H groups in total. The van der Waals surface area contributed by atoms with Gasteiger partial charge in [-0.3, -0.25) is 9.59 Å². The molecule has 3 aliphatic rings. The van der Waals surface area contributed by atoms with Crippen molar-refractivity contribution >= 4 is 18.0 Å². The zero-order valence-electron chi connectivity index (χ0n) is 20.2. The molecular formula is C28H32N2O5. The van der Waals surface area contributed by atoms with Gasteiger partial charge in [0.2, 0.25) is 5.91 Å². The number of hydrogen-bond donors (Lipinski definition) is 2. The van der Waals surface area contributed by atoms with E-state index in [2.05, 4.69) is 29.6 Å². The molecular weight excluding hydrogens is 444 g/mol. The summed E-state index contributed by atoms with van der Waals surface area (Å²) in [6, 6.07) is 16.0. The fraction of sp³-hybridized carbons (Fsp3) is 0.464. The van der Waals surface area contributed by atoms with Gasteiger partial charge in [-0.15, -0.1) is 0 Å². The molecule has 2 fully saturated rings. The van der Waals surface area contributed by atoms with E-state index < -0.39 is 23.4 Å². The first-order valence-corrected chi connectivity index (χ1v) is 12.4. The van der Waals surface area contributed by atoms with Crippen LogP contribution in [0.5, 0.6) is 0 Å². The predicted octanol–water partition coefficient (Wildman–Crippen LogP) is 4.26. The zero-order valence-corrected chi connectivity index (χ0v) is 20.2. The number of carbonyl (C=O) groups excluding carboxylic acids is 2. The number of rotatable bonds is 5. The number of likely N-dealkylation sites (tertiary alicyclic amines) is 1. The van der Waals surface area contributed by atoms with Crippen LogP contribution in [0.2, 0.25) is 0 Å². The number of amides is 2. The number of ether oxygens (including phenoxy) is 1. The Labute approximate surface area is 205 Å². The molecule has 0 bridgehead atoms.